The van der Waals surface area contributed by atoms with Gasteiger partial charge in [0.15, 0.2) is 0 Å². The maximum absolute atomic E-state index is 11.1. The zero-order chi connectivity index (χ0) is 20.5. The molecule has 0 unspecified atom stereocenters. The van der Waals surface area contributed by atoms with Crippen molar-refractivity contribution in [3.63, 3.8) is 0 Å². The second-order valence-corrected chi connectivity index (χ2v) is 6.74. The van der Waals surface area contributed by atoms with Crippen molar-refractivity contribution in [3.05, 3.63) is 91.1 Å². The molecule has 5 rings (SSSR count). The topological polar surface area (TPSA) is 88.3 Å². The fourth-order valence-corrected chi connectivity index (χ4v) is 3.39. The summed E-state index contributed by atoms with van der Waals surface area (Å²) in [5.74, 6) is 0.260. The third-order valence-corrected chi connectivity index (χ3v) is 4.82. The van der Waals surface area contributed by atoms with Gasteiger partial charge in [-0.1, -0.05) is 36.4 Å². The van der Waals surface area contributed by atoms with E-state index in [1.165, 1.54) is 12.3 Å². The summed E-state index contributed by atoms with van der Waals surface area (Å²) < 4.78 is 11.2. The summed E-state index contributed by atoms with van der Waals surface area (Å²) in [4.78, 5) is 18.8. The second-order valence-electron chi connectivity index (χ2n) is 6.74. The van der Waals surface area contributed by atoms with Gasteiger partial charge in [0, 0.05) is 40.0 Å². The number of aromatic nitrogens is 2. The van der Waals surface area contributed by atoms with E-state index in [2.05, 4.69) is 9.97 Å². The number of hydrogen-bond donors (Lipinski definition) is 2. The quantitative estimate of drug-likeness (QED) is 0.381. The van der Waals surface area contributed by atoms with Crippen LogP contribution >= 0.6 is 0 Å². The standard InChI is InChI=1S/C24H16N2O4/c27-24(28)22-11-16(14-29-22)20-13-26-23-19(20)10-15(12-25-23)18-8-4-5-9-21(18)30-17-6-2-1-3-7-17/h1-14H,(H,25,26)(H,27,28). The number of ether oxygens (including phenoxy) is 1. The van der Waals surface area contributed by atoms with Gasteiger partial charge in [0.25, 0.3) is 0 Å². The number of fused-ring (bicyclic) bond motifs is 1. The lowest BCUT2D eigenvalue weighted by molar-refractivity contribution is 0.0662. The Labute approximate surface area is 171 Å². The summed E-state index contributed by atoms with van der Waals surface area (Å²) in [7, 11) is 0. The van der Waals surface area contributed by atoms with Gasteiger partial charge in [0.05, 0.1) is 6.26 Å². The molecule has 30 heavy (non-hydrogen) atoms. The number of pyridine rings is 1. The first-order chi connectivity index (χ1) is 14.7. The van der Waals surface area contributed by atoms with Crippen molar-refractivity contribution in [2.45, 2.75) is 0 Å². The fourth-order valence-electron chi connectivity index (χ4n) is 3.39. The molecule has 0 amide bonds. The Balaban J connectivity index is 1.58. The Morgan fingerprint density at radius 3 is 2.57 bits per heavy atom. The van der Waals surface area contributed by atoms with Crippen molar-refractivity contribution in [3.8, 4) is 33.8 Å². The third-order valence-electron chi connectivity index (χ3n) is 4.82. The molecule has 0 saturated carbocycles. The highest BCUT2D eigenvalue weighted by Crippen LogP contribution is 2.36. The van der Waals surface area contributed by atoms with Crippen LogP contribution in [0.1, 0.15) is 10.6 Å². The smallest absolute Gasteiger partial charge is 0.371 e. The molecule has 6 nitrogen and oxygen atoms in total. The lowest BCUT2D eigenvalue weighted by Crippen LogP contribution is -1.91. The van der Waals surface area contributed by atoms with Crippen molar-refractivity contribution in [1.29, 1.82) is 0 Å². The molecular weight excluding hydrogens is 380 g/mol. The number of carboxylic acid groups (broad SMARTS) is 1. The molecule has 3 heterocycles. The molecular formula is C24H16N2O4. The normalized spacial score (nSPS) is 10.9. The number of H-pyrrole nitrogens is 1. The zero-order valence-corrected chi connectivity index (χ0v) is 15.7. The van der Waals surface area contributed by atoms with Crippen LogP contribution in [0.15, 0.2) is 89.8 Å². The zero-order valence-electron chi connectivity index (χ0n) is 15.7. The molecule has 0 fully saturated rings. The predicted molar refractivity (Wildman–Crippen MR) is 113 cm³/mol. The molecule has 0 radical (unpaired) electrons. The number of rotatable bonds is 5. The Morgan fingerprint density at radius 1 is 0.967 bits per heavy atom. The molecule has 3 aromatic heterocycles. The van der Waals surface area contributed by atoms with Crippen LogP contribution in [0.2, 0.25) is 0 Å². The van der Waals surface area contributed by atoms with E-state index in [4.69, 9.17) is 14.3 Å². The van der Waals surface area contributed by atoms with Gasteiger partial charge in [-0.05, 0) is 30.3 Å². The van der Waals surface area contributed by atoms with E-state index < -0.39 is 5.97 Å². The first-order valence-electron chi connectivity index (χ1n) is 9.31. The number of aromatic carboxylic acids is 1. The summed E-state index contributed by atoms with van der Waals surface area (Å²) in [5, 5.41) is 9.99. The Morgan fingerprint density at radius 2 is 1.77 bits per heavy atom. The molecule has 5 aromatic rings. The van der Waals surface area contributed by atoms with E-state index in [0.717, 1.165) is 33.6 Å². The Hall–Kier alpha value is -4.32. The van der Waals surface area contributed by atoms with Crippen LogP contribution in [0.25, 0.3) is 33.3 Å². The summed E-state index contributed by atoms with van der Waals surface area (Å²) in [6, 6.07) is 20.9. The van der Waals surface area contributed by atoms with E-state index in [9.17, 15) is 4.79 Å². The number of carbonyl (C=O) groups is 1. The molecule has 2 N–H and O–H groups in total. The lowest BCUT2D eigenvalue weighted by atomic mass is 10.0. The predicted octanol–water partition coefficient (Wildman–Crippen LogP) is 5.98. The van der Waals surface area contributed by atoms with E-state index in [1.54, 1.807) is 12.4 Å². The highest BCUT2D eigenvalue weighted by Gasteiger charge is 2.15. The molecule has 146 valence electrons. The van der Waals surface area contributed by atoms with Crippen LogP contribution < -0.4 is 4.74 Å². The maximum atomic E-state index is 11.1. The SMILES string of the molecule is O=C(O)c1cc(-c2c[nH]c3ncc(-c4ccccc4Oc4ccccc4)cc23)co1. The largest absolute Gasteiger partial charge is 0.475 e. The Bertz CT molecular complexity index is 1350. The molecule has 2 aromatic carbocycles. The average Bonchev–Trinajstić information content (AvgIpc) is 3.41. The molecule has 0 aliphatic carbocycles. The van der Waals surface area contributed by atoms with Crippen LogP contribution in [0.3, 0.4) is 0 Å². The highest BCUT2D eigenvalue weighted by molar-refractivity contribution is 5.97. The number of hydrogen-bond acceptors (Lipinski definition) is 4. The van der Waals surface area contributed by atoms with Gasteiger partial charge in [-0.15, -0.1) is 0 Å². The summed E-state index contributed by atoms with van der Waals surface area (Å²) >= 11 is 0. The van der Waals surface area contributed by atoms with E-state index in [0.29, 0.717) is 11.2 Å². The van der Waals surface area contributed by atoms with Crippen molar-refractivity contribution >= 4 is 17.0 Å². The van der Waals surface area contributed by atoms with E-state index in [1.807, 2.05) is 60.7 Å². The molecule has 0 atom stereocenters. The molecule has 0 bridgehead atoms. The van der Waals surface area contributed by atoms with Gasteiger partial charge in [0.2, 0.25) is 5.76 Å². The van der Waals surface area contributed by atoms with Crippen LogP contribution in [0, 0.1) is 0 Å². The van der Waals surface area contributed by atoms with Crippen molar-refractivity contribution in [2.24, 2.45) is 0 Å². The maximum Gasteiger partial charge on any atom is 0.371 e. The molecule has 0 spiro atoms. The van der Waals surface area contributed by atoms with Crippen molar-refractivity contribution in [2.75, 3.05) is 0 Å². The minimum Gasteiger partial charge on any atom is -0.475 e. The Kier molecular flexibility index (Phi) is 4.29. The van der Waals surface area contributed by atoms with Crippen molar-refractivity contribution in [1.82, 2.24) is 9.97 Å². The van der Waals surface area contributed by atoms with Gasteiger partial charge in [-0.2, -0.15) is 0 Å². The van der Waals surface area contributed by atoms with Crippen molar-refractivity contribution < 1.29 is 19.1 Å². The number of furan rings is 1. The lowest BCUT2D eigenvalue weighted by Gasteiger charge is -2.11. The van der Waals surface area contributed by atoms with Gasteiger partial charge in [0.1, 0.15) is 17.1 Å². The molecule has 6 heteroatoms. The average molecular weight is 396 g/mol. The minimum absolute atomic E-state index is 0.106. The summed E-state index contributed by atoms with van der Waals surface area (Å²) in [5.41, 5.74) is 3.98. The van der Waals surface area contributed by atoms with E-state index >= 15 is 0 Å². The molecule has 0 aliphatic heterocycles. The summed E-state index contributed by atoms with van der Waals surface area (Å²) in [6.07, 6.45) is 5.02. The van der Waals surface area contributed by atoms with Gasteiger partial charge < -0.3 is 19.2 Å². The fraction of sp³-hybridized carbons (Fsp3) is 0. The first kappa shape index (κ1) is 17.8. The van der Waals surface area contributed by atoms with Crippen LogP contribution in [0.5, 0.6) is 11.5 Å². The number of aromatic amines is 1. The molecule has 0 aliphatic rings. The number of para-hydroxylation sites is 2. The number of nitrogens with one attached hydrogen (secondary N) is 1. The second kappa shape index (κ2) is 7.25. The third kappa shape index (κ3) is 3.20. The number of benzene rings is 2. The van der Waals surface area contributed by atoms with Gasteiger partial charge >= 0.3 is 5.97 Å². The van der Waals surface area contributed by atoms with Crippen LogP contribution in [-0.4, -0.2) is 21.0 Å². The number of nitrogens with zero attached hydrogens (tertiary/aromatic N) is 1. The highest BCUT2D eigenvalue weighted by atomic mass is 16.5. The minimum atomic E-state index is -1.10. The van der Waals surface area contributed by atoms with Gasteiger partial charge in [-0.3, -0.25) is 0 Å². The monoisotopic (exact) mass is 396 g/mol. The number of carboxylic acids is 1. The first-order valence-corrected chi connectivity index (χ1v) is 9.31. The molecule has 0 saturated heterocycles. The summed E-state index contributed by atoms with van der Waals surface area (Å²) in [6.45, 7) is 0. The van der Waals surface area contributed by atoms with Crippen LogP contribution in [0.4, 0.5) is 0 Å². The van der Waals surface area contributed by atoms with E-state index in [-0.39, 0.29) is 5.76 Å². The van der Waals surface area contributed by atoms with Crippen LogP contribution in [-0.2, 0) is 0 Å². The van der Waals surface area contributed by atoms with Gasteiger partial charge in [-0.25, -0.2) is 9.78 Å².